The minimum Gasteiger partial charge on any atom is -0.435 e. The Kier molecular flexibility index (Phi) is 6.52. The van der Waals surface area contributed by atoms with Crippen LogP contribution in [0.2, 0.25) is 0 Å². The number of hydrogen-bond donors (Lipinski definition) is 2. The molecule has 1 aliphatic heterocycles. The number of halogens is 2. The van der Waals surface area contributed by atoms with E-state index in [0.29, 0.717) is 17.7 Å². The molecule has 1 saturated heterocycles. The van der Waals surface area contributed by atoms with Crippen molar-refractivity contribution < 1.29 is 32.7 Å². The van der Waals surface area contributed by atoms with Gasteiger partial charge >= 0.3 is 12.6 Å². The summed E-state index contributed by atoms with van der Waals surface area (Å²) in [6.45, 7) is -0.285. The van der Waals surface area contributed by atoms with Gasteiger partial charge in [0.15, 0.2) is 5.78 Å². The van der Waals surface area contributed by atoms with Gasteiger partial charge in [-0.05, 0) is 48.9 Å². The largest absolute Gasteiger partial charge is 0.435 e. The number of urea groups is 1. The molecule has 2 N–H and O–H groups in total. The molecule has 4 amide bonds. The predicted octanol–water partition coefficient (Wildman–Crippen LogP) is 3.29. The monoisotopic (exact) mass is 445 g/mol. The summed E-state index contributed by atoms with van der Waals surface area (Å²) < 4.78 is 28.9. The minimum absolute atomic E-state index is 0.0882. The van der Waals surface area contributed by atoms with Crippen molar-refractivity contribution in [2.45, 2.75) is 32.4 Å². The quantitative estimate of drug-likeness (QED) is 0.479. The van der Waals surface area contributed by atoms with Gasteiger partial charge in [-0.15, -0.1) is 0 Å². The van der Waals surface area contributed by atoms with E-state index in [2.05, 4.69) is 15.4 Å². The fourth-order valence-electron chi connectivity index (χ4n) is 3.23. The number of benzene rings is 2. The zero-order chi connectivity index (χ0) is 23.5. The van der Waals surface area contributed by atoms with Crippen molar-refractivity contribution in [2.75, 3.05) is 11.9 Å². The van der Waals surface area contributed by atoms with Crippen molar-refractivity contribution in [1.29, 1.82) is 0 Å². The van der Waals surface area contributed by atoms with E-state index in [-0.39, 0.29) is 17.2 Å². The highest BCUT2D eigenvalue weighted by Crippen LogP contribution is 2.30. The molecule has 168 valence electrons. The highest BCUT2D eigenvalue weighted by Gasteiger charge is 2.49. The molecule has 1 heterocycles. The average Bonchev–Trinajstić information content (AvgIpc) is 2.98. The summed E-state index contributed by atoms with van der Waals surface area (Å²) in [6, 6.07) is 10.7. The Balaban J connectivity index is 1.71. The van der Waals surface area contributed by atoms with E-state index in [0.717, 1.165) is 4.90 Å². The molecular formula is C22H21F2N3O5. The minimum atomic E-state index is -2.98. The molecule has 0 radical (unpaired) electrons. The zero-order valence-corrected chi connectivity index (χ0v) is 17.4. The molecule has 3 rings (SSSR count). The van der Waals surface area contributed by atoms with Crippen LogP contribution in [0.5, 0.6) is 5.75 Å². The Hall–Kier alpha value is -3.82. The Labute approximate surface area is 182 Å². The van der Waals surface area contributed by atoms with E-state index >= 15 is 0 Å². The first kappa shape index (κ1) is 22.9. The Morgan fingerprint density at radius 3 is 2.28 bits per heavy atom. The van der Waals surface area contributed by atoms with Crippen LogP contribution in [-0.4, -0.2) is 41.7 Å². The van der Waals surface area contributed by atoms with Crippen LogP contribution in [0.15, 0.2) is 48.5 Å². The molecule has 0 aliphatic carbocycles. The number of nitrogens with zero attached hydrogens (tertiary/aromatic N) is 1. The van der Waals surface area contributed by atoms with Crippen molar-refractivity contribution >= 4 is 29.3 Å². The number of carbonyl (C=O) groups is 4. The fourth-order valence-corrected chi connectivity index (χ4v) is 3.23. The number of rotatable bonds is 8. The average molecular weight is 445 g/mol. The Bertz CT molecular complexity index is 1040. The van der Waals surface area contributed by atoms with E-state index in [1.165, 1.54) is 43.3 Å². The first-order valence-electron chi connectivity index (χ1n) is 9.76. The van der Waals surface area contributed by atoms with Crippen molar-refractivity contribution in [3.8, 4) is 5.75 Å². The maximum absolute atomic E-state index is 13.0. The first-order chi connectivity index (χ1) is 15.1. The van der Waals surface area contributed by atoms with Crippen molar-refractivity contribution in [3.05, 3.63) is 59.7 Å². The number of ketones is 1. The van der Waals surface area contributed by atoms with Gasteiger partial charge in [0, 0.05) is 17.7 Å². The van der Waals surface area contributed by atoms with Crippen LogP contribution >= 0.6 is 0 Å². The maximum atomic E-state index is 13.0. The summed E-state index contributed by atoms with van der Waals surface area (Å²) in [5, 5.41) is 5.21. The highest BCUT2D eigenvalue weighted by atomic mass is 19.3. The molecule has 0 spiro atoms. The van der Waals surface area contributed by atoms with Gasteiger partial charge in [-0.1, -0.05) is 19.1 Å². The highest BCUT2D eigenvalue weighted by molar-refractivity contribution is 6.11. The molecule has 1 atom stereocenters. The van der Waals surface area contributed by atoms with Crippen LogP contribution in [0.25, 0.3) is 0 Å². The van der Waals surface area contributed by atoms with E-state index in [1.54, 1.807) is 19.1 Å². The standard InChI is InChI=1S/C22H21F2N3O5/c1-3-18(29)25-15-8-4-13(5-9-15)17(28)12-27-19(30)22(2,26-21(27)31)14-6-10-16(11-7-14)32-20(23)24/h4-11,20H,3,12H2,1-2H3,(H,25,29)(H,26,31)/t22-/m1/s1. The Morgan fingerprint density at radius 2 is 1.72 bits per heavy atom. The summed E-state index contributed by atoms with van der Waals surface area (Å²) >= 11 is 0. The number of amides is 4. The van der Waals surface area contributed by atoms with E-state index in [4.69, 9.17) is 0 Å². The number of carbonyl (C=O) groups excluding carboxylic acids is 4. The summed E-state index contributed by atoms with van der Waals surface area (Å²) in [4.78, 5) is 50.3. The molecular weight excluding hydrogens is 424 g/mol. The lowest BCUT2D eigenvalue weighted by Crippen LogP contribution is -2.41. The molecule has 1 fully saturated rings. The number of ether oxygens (including phenoxy) is 1. The van der Waals surface area contributed by atoms with Crippen LogP contribution < -0.4 is 15.4 Å². The van der Waals surface area contributed by atoms with Crippen LogP contribution in [0, 0.1) is 0 Å². The van der Waals surface area contributed by atoms with Gasteiger partial charge in [-0.3, -0.25) is 19.3 Å². The third-order valence-corrected chi connectivity index (χ3v) is 5.05. The number of Topliss-reactive ketones (excluding diaryl/α,β-unsaturated/α-hetero) is 1. The molecule has 0 saturated carbocycles. The van der Waals surface area contributed by atoms with Crippen LogP contribution in [0.4, 0.5) is 19.3 Å². The number of hydrogen-bond acceptors (Lipinski definition) is 5. The lowest BCUT2D eigenvalue weighted by atomic mass is 9.92. The van der Waals surface area contributed by atoms with Gasteiger partial charge in [-0.25, -0.2) is 4.79 Å². The van der Waals surface area contributed by atoms with Gasteiger partial charge < -0.3 is 15.4 Å². The van der Waals surface area contributed by atoms with Gasteiger partial charge in [0.1, 0.15) is 11.3 Å². The lowest BCUT2D eigenvalue weighted by Gasteiger charge is -2.22. The smallest absolute Gasteiger partial charge is 0.387 e. The molecule has 1 aliphatic rings. The normalized spacial score (nSPS) is 18.0. The molecule has 2 aromatic rings. The molecule has 10 heteroatoms. The van der Waals surface area contributed by atoms with Crippen LogP contribution in [0.3, 0.4) is 0 Å². The molecule has 0 bridgehead atoms. The molecule has 0 unspecified atom stereocenters. The Morgan fingerprint density at radius 1 is 1.09 bits per heavy atom. The first-order valence-corrected chi connectivity index (χ1v) is 9.76. The number of nitrogens with one attached hydrogen (secondary N) is 2. The molecule has 8 nitrogen and oxygen atoms in total. The molecule has 32 heavy (non-hydrogen) atoms. The van der Waals surface area contributed by atoms with Crippen molar-refractivity contribution in [3.63, 3.8) is 0 Å². The van der Waals surface area contributed by atoms with Gasteiger partial charge in [0.05, 0.1) is 6.54 Å². The van der Waals surface area contributed by atoms with Crippen LogP contribution in [0.1, 0.15) is 36.2 Å². The number of anilines is 1. The summed E-state index contributed by atoms with van der Waals surface area (Å²) in [5.41, 5.74) is -0.324. The van der Waals surface area contributed by atoms with Gasteiger partial charge in [-0.2, -0.15) is 8.78 Å². The van der Waals surface area contributed by atoms with Gasteiger partial charge in [0.25, 0.3) is 5.91 Å². The summed E-state index contributed by atoms with van der Waals surface area (Å²) in [7, 11) is 0. The maximum Gasteiger partial charge on any atom is 0.387 e. The molecule has 2 aromatic carbocycles. The SMILES string of the molecule is CCC(=O)Nc1ccc(C(=O)CN2C(=O)N[C@](C)(c3ccc(OC(F)F)cc3)C2=O)cc1. The fraction of sp³-hybridized carbons (Fsp3) is 0.273. The number of alkyl halides is 2. The number of imide groups is 1. The second-order valence-electron chi connectivity index (χ2n) is 7.25. The van der Waals surface area contributed by atoms with E-state index < -0.39 is 36.4 Å². The van der Waals surface area contributed by atoms with Crippen molar-refractivity contribution in [1.82, 2.24) is 10.2 Å². The van der Waals surface area contributed by atoms with Crippen LogP contribution in [-0.2, 0) is 15.1 Å². The zero-order valence-electron chi connectivity index (χ0n) is 17.4. The van der Waals surface area contributed by atoms with Crippen molar-refractivity contribution in [2.24, 2.45) is 0 Å². The summed E-state index contributed by atoms with van der Waals surface area (Å²) in [6.07, 6.45) is 0.313. The predicted molar refractivity (Wildman–Crippen MR) is 110 cm³/mol. The molecule has 0 aromatic heterocycles. The third kappa shape index (κ3) is 4.74. The topological polar surface area (TPSA) is 105 Å². The van der Waals surface area contributed by atoms with E-state index in [9.17, 15) is 28.0 Å². The second kappa shape index (κ2) is 9.13. The van der Waals surface area contributed by atoms with Gasteiger partial charge in [0.2, 0.25) is 5.91 Å². The lowest BCUT2D eigenvalue weighted by molar-refractivity contribution is -0.130. The van der Waals surface area contributed by atoms with E-state index in [1.807, 2.05) is 0 Å². The second-order valence-corrected chi connectivity index (χ2v) is 7.25. The third-order valence-electron chi connectivity index (χ3n) is 5.05. The summed E-state index contributed by atoms with van der Waals surface area (Å²) in [5.74, 6) is -1.37.